The van der Waals surface area contributed by atoms with E-state index in [0.717, 1.165) is 19.3 Å². The number of nitrogens with one attached hydrogen (secondary N) is 1. The lowest BCUT2D eigenvalue weighted by molar-refractivity contribution is -0.159. The summed E-state index contributed by atoms with van der Waals surface area (Å²) < 4.78 is 5.34. The van der Waals surface area contributed by atoms with Crippen molar-refractivity contribution >= 4 is 5.97 Å². The second-order valence-corrected chi connectivity index (χ2v) is 5.86. The summed E-state index contributed by atoms with van der Waals surface area (Å²) in [6.07, 6.45) is 2.81. The van der Waals surface area contributed by atoms with Crippen molar-refractivity contribution in [3.05, 3.63) is 0 Å². The molecule has 100 valence electrons. The highest BCUT2D eigenvalue weighted by Gasteiger charge is 2.33. The molecular formula is C13H25NO3. The fourth-order valence-electron chi connectivity index (χ4n) is 2.20. The van der Waals surface area contributed by atoms with Gasteiger partial charge in [-0.2, -0.15) is 0 Å². The fourth-order valence-corrected chi connectivity index (χ4v) is 2.20. The van der Waals surface area contributed by atoms with Gasteiger partial charge in [-0.25, -0.2) is 0 Å². The van der Waals surface area contributed by atoms with Crippen molar-refractivity contribution in [2.75, 3.05) is 0 Å². The first-order valence-corrected chi connectivity index (χ1v) is 6.48. The zero-order valence-corrected chi connectivity index (χ0v) is 11.3. The predicted octanol–water partition coefficient (Wildman–Crippen LogP) is 1.61. The lowest BCUT2D eigenvalue weighted by Gasteiger charge is -2.34. The number of ether oxygens (including phenoxy) is 1. The number of esters is 1. The van der Waals surface area contributed by atoms with Crippen LogP contribution in [0.25, 0.3) is 0 Å². The maximum atomic E-state index is 11.9. The van der Waals surface area contributed by atoms with Crippen LogP contribution in [0, 0.1) is 0 Å². The topological polar surface area (TPSA) is 58.6 Å². The van der Waals surface area contributed by atoms with E-state index in [1.165, 1.54) is 0 Å². The lowest BCUT2D eigenvalue weighted by atomic mass is 9.93. The minimum absolute atomic E-state index is 0.223. The lowest BCUT2D eigenvalue weighted by Crippen LogP contribution is -2.52. The van der Waals surface area contributed by atoms with Gasteiger partial charge in [-0.3, -0.25) is 4.79 Å². The number of aliphatic hydroxyl groups is 1. The van der Waals surface area contributed by atoms with Gasteiger partial charge in [-0.1, -0.05) is 13.3 Å². The van der Waals surface area contributed by atoms with Crippen LogP contribution in [0.4, 0.5) is 0 Å². The zero-order valence-electron chi connectivity index (χ0n) is 11.3. The predicted molar refractivity (Wildman–Crippen MR) is 66.7 cm³/mol. The largest absolute Gasteiger partial charge is 0.459 e. The molecule has 0 aromatic rings. The van der Waals surface area contributed by atoms with Crippen molar-refractivity contribution in [3.8, 4) is 0 Å². The molecule has 1 fully saturated rings. The van der Waals surface area contributed by atoms with E-state index in [0.29, 0.717) is 6.42 Å². The summed E-state index contributed by atoms with van der Waals surface area (Å²) in [6.45, 7) is 7.67. The molecule has 0 radical (unpaired) electrons. The molecule has 1 rings (SSSR count). The van der Waals surface area contributed by atoms with Crippen molar-refractivity contribution in [2.24, 2.45) is 0 Å². The SMILES string of the molecule is CCC[C@H]1C[C@H](O)C[C@@H](C(=O)OC(C)(C)C)N1. The number of carbonyl (C=O) groups excluding carboxylic acids is 1. The molecule has 4 nitrogen and oxygen atoms in total. The average molecular weight is 243 g/mol. The summed E-state index contributed by atoms with van der Waals surface area (Å²) in [5.74, 6) is -0.252. The molecule has 1 heterocycles. The summed E-state index contributed by atoms with van der Waals surface area (Å²) in [6, 6.07) is -0.143. The third-order valence-corrected chi connectivity index (χ3v) is 2.83. The van der Waals surface area contributed by atoms with Gasteiger partial charge >= 0.3 is 5.97 Å². The minimum atomic E-state index is -0.471. The van der Waals surface area contributed by atoms with Crippen LogP contribution in [0.1, 0.15) is 53.4 Å². The van der Waals surface area contributed by atoms with E-state index in [-0.39, 0.29) is 18.1 Å². The van der Waals surface area contributed by atoms with Crippen molar-refractivity contribution in [1.29, 1.82) is 0 Å². The summed E-state index contributed by atoms with van der Waals surface area (Å²) in [5, 5.41) is 13.0. The summed E-state index contributed by atoms with van der Waals surface area (Å²) in [4.78, 5) is 11.9. The maximum absolute atomic E-state index is 11.9. The molecule has 1 aliphatic rings. The van der Waals surface area contributed by atoms with Gasteiger partial charge in [0.1, 0.15) is 11.6 Å². The molecule has 1 saturated heterocycles. The number of piperidine rings is 1. The van der Waals surface area contributed by atoms with E-state index in [4.69, 9.17) is 4.74 Å². The minimum Gasteiger partial charge on any atom is -0.459 e. The quantitative estimate of drug-likeness (QED) is 0.739. The molecule has 0 bridgehead atoms. The second kappa shape index (κ2) is 5.83. The maximum Gasteiger partial charge on any atom is 0.323 e. The number of hydrogen-bond acceptors (Lipinski definition) is 4. The van der Waals surface area contributed by atoms with Gasteiger partial charge in [0.25, 0.3) is 0 Å². The molecule has 2 N–H and O–H groups in total. The molecule has 0 amide bonds. The van der Waals surface area contributed by atoms with Crippen LogP contribution < -0.4 is 5.32 Å². The first kappa shape index (κ1) is 14.5. The van der Waals surface area contributed by atoms with Gasteiger partial charge in [0.05, 0.1) is 6.10 Å². The van der Waals surface area contributed by atoms with Crippen LogP contribution in [-0.2, 0) is 9.53 Å². The third-order valence-electron chi connectivity index (χ3n) is 2.83. The van der Waals surface area contributed by atoms with Crippen molar-refractivity contribution in [3.63, 3.8) is 0 Å². The second-order valence-electron chi connectivity index (χ2n) is 5.86. The smallest absolute Gasteiger partial charge is 0.323 e. The number of carbonyl (C=O) groups is 1. The highest BCUT2D eigenvalue weighted by Crippen LogP contribution is 2.19. The van der Waals surface area contributed by atoms with Gasteiger partial charge in [0.2, 0.25) is 0 Å². The van der Waals surface area contributed by atoms with E-state index >= 15 is 0 Å². The normalized spacial score (nSPS) is 30.1. The number of aliphatic hydroxyl groups excluding tert-OH is 1. The van der Waals surface area contributed by atoms with Crippen LogP contribution in [-0.4, -0.2) is 34.9 Å². The van der Waals surface area contributed by atoms with Gasteiger partial charge in [0.15, 0.2) is 0 Å². The Bertz CT molecular complexity index is 260. The van der Waals surface area contributed by atoms with Crippen LogP contribution in [0.15, 0.2) is 0 Å². The molecule has 1 aliphatic heterocycles. The molecular weight excluding hydrogens is 218 g/mol. The third kappa shape index (κ3) is 5.04. The Morgan fingerprint density at radius 2 is 2.06 bits per heavy atom. The molecule has 3 atom stereocenters. The monoisotopic (exact) mass is 243 g/mol. The number of hydrogen-bond donors (Lipinski definition) is 2. The van der Waals surface area contributed by atoms with E-state index in [2.05, 4.69) is 12.2 Å². The van der Waals surface area contributed by atoms with Gasteiger partial charge in [-0.15, -0.1) is 0 Å². The van der Waals surface area contributed by atoms with E-state index in [1.807, 2.05) is 20.8 Å². The molecule has 0 spiro atoms. The van der Waals surface area contributed by atoms with Crippen molar-refractivity contribution < 1.29 is 14.6 Å². The van der Waals surface area contributed by atoms with Crippen molar-refractivity contribution in [1.82, 2.24) is 5.32 Å². The first-order valence-electron chi connectivity index (χ1n) is 6.48. The van der Waals surface area contributed by atoms with Gasteiger partial charge in [-0.05, 0) is 40.0 Å². The zero-order chi connectivity index (χ0) is 13.1. The van der Waals surface area contributed by atoms with Crippen molar-refractivity contribution in [2.45, 2.75) is 77.2 Å². The Balaban J connectivity index is 2.54. The Morgan fingerprint density at radius 1 is 1.41 bits per heavy atom. The molecule has 0 aliphatic carbocycles. The molecule has 0 unspecified atom stereocenters. The van der Waals surface area contributed by atoms with E-state index in [1.54, 1.807) is 0 Å². The average Bonchev–Trinajstić information content (AvgIpc) is 2.14. The molecule has 4 heteroatoms. The molecule has 0 aromatic heterocycles. The van der Waals surface area contributed by atoms with Crippen LogP contribution in [0.3, 0.4) is 0 Å². The molecule has 0 saturated carbocycles. The van der Waals surface area contributed by atoms with Gasteiger partial charge in [0, 0.05) is 6.04 Å². The van der Waals surface area contributed by atoms with E-state index < -0.39 is 11.7 Å². The molecule has 17 heavy (non-hydrogen) atoms. The van der Waals surface area contributed by atoms with Crippen LogP contribution in [0.5, 0.6) is 0 Å². The van der Waals surface area contributed by atoms with Crippen LogP contribution >= 0.6 is 0 Å². The Morgan fingerprint density at radius 3 is 2.59 bits per heavy atom. The molecule has 0 aromatic carbocycles. The Hall–Kier alpha value is -0.610. The summed E-state index contributed by atoms with van der Waals surface area (Å²) in [7, 11) is 0. The van der Waals surface area contributed by atoms with Crippen LogP contribution in [0.2, 0.25) is 0 Å². The van der Waals surface area contributed by atoms with Gasteiger partial charge < -0.3 is 15.2 Å². The fraction of sp³-hybridized carbons (Fsp3) is 0.923. The summed E-state index contributed by atoms with van der Waals surface area (Å²) >= 11 is 0. The Labute approximate surface area is 104 Å². The first-order chi connectivity index (χ1) is 7.81. The number of rotatable bonds is 3. The standard InChI is InChI=1S/C13H25NO3/c1-5-6-9-7-10(15)8-11(14-9)12(16)17-13(2,3)4/h9-11,14-15H,5-8H2,1-4H3/t9-,10-,11-/m0/s1. The highest BCUT2D eigenvalue weighted by atomic mass is 16.6. The highest BCUT2D eigenvalue weighted by molar-refractivity contribution is 5.76. The summed E-state index contributed by atoms with van der Waals surface area (Å²) in [5.41, 5.74) is -0.471. The Kier molecular flexibility index (Phi) is 4.95. The van der Waals surface area contributed by atoms with E-state index in [9.17, 15) is 9.90 Å².